The van der Waals surface area contributed by atoms with Gasteiger partial charge in [-0.05, 0) is 35.9 Å². The van der Waals surface area contributed by atoms with E-state index < -0.39 is 17.9 Å². The smallest absolute Gasteiger partial charge is 0.279 e. The molecule has 1 unspecified atom stereocenters. The molecule has 2 aromatic carbocycles. The number of fused-ring (bicyclic) bond motifs is 1. The molecule has 2 N–H and O–H groups in total. The van der Waals surface area contributed by atoms with E-state index in [1.165, 1.54) is 13.3 Å². The third-order valence-corrected chi connectivity index (χ3v) is 3.91. The van der Waals surface area contributed by atoms with E-state index in [2.05, 4.69) is 15.8 Å². The van der Waals surface area contributed by atoms with Crippen LogP contribution >= 0.6 is 0 Å². The van der Waals surface area contributed by atoms with E-state index in [1.54, 1.807) is 25.1 Å². The molecule has 1 atom stereocenters. The van der Waals surface area contributed by atoms with Crippen LogP contribution in [0.25, 0.3) is 10.8 Å². The lowest BCUT2D eigenvalue weighted by molar-refractivity contribution is -0.128. The molecule has 1 aromatic heterocycles. The molecule has 0 saturated carbocycles. The number of hydrogen-bond acceptors (Lipinski definition) is 5. The van der Waals surface area contributed by atoms with Gasteiger partial charge in [0.15, 0.2) is 6.10 Å². The number of rotatable bonds is 5. The summed E-state index contributed by atoms with van der Waals surface area (Å²) in [6.07, 6.45) is 0.565. The number of carbonyl (C=O) groups is 2. The number of hydrogen-bond donors (Lipinski definition) is 2. The third kappa shape index (κ3) is 4.52. The molecule has 2 amide bonds. The fourth-order valence-corrected chi connectivity index (χ4v) is 2.43. The van der Waals surface area contributed by atoms with E-state index in [0.29, 0.717) is 17.2 Å². The first-order chi connectivity index (χ1) is 13.1. The van der Waals surface area contributed by atoms with Crippen molar-refractivity contribution in [3.05, 3.63) is 66.4 Å². The van der Waals surface area contributed by atoms with Crippen LogP contribution in [0.4, 0.5) is 0 Å². The second kappa shape index (κ2) is 8.18. The number of methoxy groups -OCH3 is 1. The van der Waals surface area contributed by atoms with Gasteiger partial charge >= 0.3 is 0 Å². The van der Waals surface area contributed by atoms with Crippen molar-refractivity contribution in [2.24, 2.45) is 0 Å². The number of pyridine rings is 1. The molecule has 0 aliphatic rings. The number of nitrogens with zero attached hydrogens (tertiary/aromatic N) is 1. The van der Waals surface area contributed by atoms with E-state index in [-0.39, 0.29) is 0 Å². The standard InChI is InChI=1S/C20H19N3O4/c1-13(27-17-9-7-14-5-3-4-6-15(14)11-17)19(24)22-23-20(25)16-8-10-18(26-2)21-12-16/h3-13H,1-2H3,(H,22,24)(H,23,25). The Morgan fingerprint density at radius 1 is 1.00 bits per heavy atom. The molecule has 138 valence electrons. The van der Waals surface area contributed by atoms with Crippen molar-refractivity contribution in [2.45, 2.75) is 13.0 Å². The Morgan fingerprint density at radius 2 is 1.78 bits per heavy atom. The van der Waals surface area contributed by atoms with Gasteiger partial charge in [-0.3, -0.25) is 20.4 Å². The molecule has 3 rings (SSSR count). The highest BCUT2D eigenvalue weighted by molar-refractivity contribution is 5.95. The summed E-state index contributed by atoms with van der Waals surface area (Å²) < 4.78 is 10.6. The van der Waals surface area contributed by atoms with Gasteiger partial charge in [0.2, 0.25) is 5.88 Å². The fraction of sp³-hybridized carbons (Fsp3) is 0.150. The van der Waals surface area contributed by atoms with Gasteiger partial charge in [0.1, 0.15) is 5.75 Å². The van der Waals surface area contributed by atoms with E-state index in [9.17, 15) is 9.59 Å². The van der Waals surface area contributed by atoms with Gasteiger partial charge in [-0.15, -0.1) is 0 Å². The topological polar surface area (TPSA) is 89.6 Å². The first kappa shape index (κ1) is 18.2. The van der Waals surface area contributed by atoms with Crippen molar-refractivity contribution in [3.8, 4) is 11.6 Å². The van der Waals surface area contributed by atoms with Gasteiger partial charge < -0.3 is 9.47 Å². The Hall–Kier alpha value is -3.61. The molecule has 0 bridgehead atoms. The first-order valence-corrected chi connectivity index (χ1v) is 8.32. The predicted octanol–water partition coefficient (Wildman–Crippen LogP) is 2.47. The minimum Gasteiger partial charge on any atom is -0.481 e. The SMILES string of the molecule is COc1ccc(C(=O)NNC(=O)C(C)Oc2ccc3ccccc3c2)cn1. The number of ether oxygens (including phenoxy) is 2. The van der Waals surface area contributed by atoms with Crippen LogP contribution in [-0.2, 0) is 4.79 Å². The zero-order valence-corrected chi connectivity index (χ0v) is 14.9. The zero-order chi connectivity index (χ0) is 19.2. The lowest BCUT2D eigenvalue weighted by Gasteiger charge is -2.15. The van der Waals surface area contributed by atoms with Crippen molar-refractivity contribution in [1.29, 1.82) is 0 Å². The Morgan fingerprint density at radius 3 is 2.48 bits per heavy atom. The molecule has 27 heavy (non-hydrogen) atoms. The highest BCUT2D eigenvalue weighted by Gasteiger charge is 2.16. The fourth-order valence-electron chi connectivity index (χ4n) is 2.43. The zero-order valence-electron chi connectivity index (χ0n) is 14.9. The van der Waals surface area contributed by atoms with Crippen LogP contribution in [0.1, 0.15) is 17.3 Å². The molecule has 0 fully saturated rings. The average Bonchev–Trinajstić information content (AvgIpc) is 2.71. The van der Waals surface area contributed by atoms with E-state index in [4.69, 9.17) is 9.47 Å². The molecule has 7 nitrogen and oxygen atoms in total. The molecular weight excluding hydrogens is 346 g/mol. The molecule has 0 spiro atoms. The monoisotopic (exact) mass is 365 g/mol. The molecule has 0 aliphatic heterocycles. The summed E-state index contributed by atoms with van der Waals surface area (Å²) in [5.41, 5.74) is 4.97. The van der Waals surface area contributed by atoms with Crippen LogP contribution in [0, 0.1) is 0 Å². The largest absolute Gasteiger partial charge is 0.481 e. The highest BCUT2D eigenvalue weighted by atomic mass is 16.5. The van der Waals surface area contributed by atoms with Crippen molar-refractivity contribution in [3.63, 3.8) is 0 Å². The van der Waals surface area contributed by atoms with E-state index >= 15 is 0 Å². The molecular formula is C20H19N3O4. The lowest BCUT2D eigenvalue weighted by Crippen LogP contribution is -2.47. The first-order valence-electron chi connectivity index (χ1n) is 8.32. The van der Waals surface area contributed by atoms with Crippen molar-refractivity contribution in [2.75, 3.05) is 7.11 Å². The Kier molecular flexibility index (Phi) is 5.51. The van der Waals surface area contributed by atoms with Gasteiger partial charge in [0.25, 0.3) is 11.8 Å². The van der Waals surface area contributed by atoms with Gasteiger partial charge in [-0.2, -0.15) is 0 Å². The van der Waals surface area contributed by atoms with Crippen molar-refractivity contribution >= 4 is 22.6 Å². The summed E-state index contributed by atoms with van der Waals surface area (Å²) >= 11 is 0. The van der Waals surface area contributed by atoms with Crippen LogP contribution in [0.15, 0.2) is 60.8 Å². The van der Waals surface area contributed by atoms with Gasteiger partial charge in [-0.1, -0.05) is 30.3 Å². The van der Waals surface area contributed by atoms with Gasteiger partial charge in [0, 0.05) is 12.3 Å². The van der Waals surface area contributed by atoms with Crippen LogP contribution in [0.5, 0.6) is 11.6 Å². The Labute approximate surface area is 156 Å². The quantitative estimate of drug-likeness (QED) is 0.678. The summed E-state index contributed by atoms with van der Waals surface area (Å²) in [4.78, 5) is 28.1. The number of amides is 2. The Bertz CT molecular complexity index is 957. The maximum atomic E-state index is 12.2. The average molecular weight is 365 g/mol. The van der Waals surface area contributed by atoms with Gasteiger partial charge in [0.05, 0.1) is 12.7 Å². The number of benzene rings is 2. The number of nitrogens with one attached hydrogen (secondary N) is 2. The molecule has 0 radical (unpaired) electrons. The normalized spacial score (nSPS) is 11.5. The maximum absolute atomic E-state index is 12.2. The minimum atomic E-state index is -0.791. The Balaban J connectivity index is 1.55. The minimum absolute atomic E-state index is 0.291. The predicted molar refractivity (Wildman–Crippen MR) is 100 cm³/mol. The van der Waals surface area contributed by atoms with Crippen molar-refractivity contribution < 1.29 is 19.1 Å². The maximum Gasteiger partial charge on any atom is 0.279 e. The second-order valence-corrected chi connectivity index (χ2v) is 5.80. The number of hydrazine groups is 1. The molecule has 7 heteroatoms. The number of carbonyl (C=O) groups excluding carboxylic acids is 2. The third-order valence-electron chi connectivity index (χ3n) is 3.91. The van der Waals surface area contributed by atoms with Crippen LogP contribution in [-0.4, -0.2) is 30.0 Å². The van der Waals surface area contributed by atoms with Crippen LogP contribution in [0.3, 0.4) is 0 Å². The molecule has 0 aliphatic carbocycles. The summed E-state index contributed by atoms with van der Waals surface area (Å²) in [6, 6.07) is 16.5. The summed E-state index contributed by atoms with van der Waals surface area (Å²) in [7, 11) is 1.49. The summed E-state index contributed by atoms with van der Waals surface area (Å²) in [6.45, 7) is 1.60. The second-order valence-electron chi connectivity index (χ2n) is 5.80. The van der Waals surface area contributed by atoms with Crippen LogP contribution < -0.4 is 20.3 Å². The molecule has 1 heterocycles. The van der Waals surface area contributed by atoms with Crippen LogP contribution in [0.2, 0.25) is 0 Å². The van der Waals surface area contributed by atoms with E-state index in [0.717, 1.165) is 10.8 Å². The highest BCUT2D eigenvalue weighted by Crippen LogP contribution is 2.21. The summed E-state index contributed by atoms with van der Waals surface area (Å²) in [5.74, 6) is 0.00408. The summed E-state index contributed by atoms with van der Waals surface area (Å²) in [5, 5.41) is 2.10. The molecule has 0 saturated heterocycles. The number of aromatic nitrogens is 1. The van der Waals surface area contributed by atoms with Gasteiger partial charge in [-0.25, -0.2) is 4.98 Å². The lowest BCUT2D eigenvalue weighted by atomic mass is 10.1. The molecule has 3 aromatic rings. The van der Waals surface area contributed by atoms with E-state index in [1.807, 2.05) is 36.4 Å². The van der Waals surface area contributed by atoms with Crippen molar-refractivity contribution in [1.82, 2.24) is 15.8 Å².